The van der Waals surface area contributed by atoms with E-state index in [4.69, 9.17) is 9.47 Å². The summed E-state index contributed by atoms with van der Waals surface area (Å²) < 4.78 is 24.6. The van der Waals surface area contributed by atoms with Crippen LogP contribution in [0.3, 0.4) is 0 Å². The second-order valence-electron chi connectivity index (χ2n) is 7.54. The first-order chi connectivity index (χ1) is 13.1. The fraction of sp³-hybridized carbons (Fsp3) is 0.650. The predicted molar refractivity (Wildman–Crippen MR) is 100 cm³/mol. The highest BCUT2D eigenvalue weighted by Crippen LogP contribution is 2.31. The fourth-order valence-electron chi connectivity index (χ4n) is 4.18. The summed E-state index contributed by atoms with van der Waals surface area (Å²) in [6.45, 7) is 7.06. The Hall–Kier alpha value is -1.70. The molecule has 1 aromatic carbocycles. The lowest BCUT2D eigenvalue weighted by atomic mass is 10.0. The van der Waals surface area contributed by atoms with Crippen molar-refractivity contribution in [3.8, 4) is 0 Å². The molecule has 3 saturated heterocycles. The molecule has 1 aromatic rings. The van der Waals surface area contributed by atoms with Gasteiger partial charge in [-0.3, -0.25) is 4.79 Å². The van der Waals surface area contributed by atoms with Gasteiger partial charge in [0.05, 0.1) is 13.2 Å². The molecule has 27 heavy (non-hydrogen) atoms. The number of carbonyl (C=O) groups is 1. The van der Waals surface area contributed by atoms with E-state index in [0.29, 0.717) is 19.6 Å². The number of rotatable bonds is 4. The summed E-state index contributed by atoms with van der Waals surface area (Å²) in [5, 5.41) is 0. The van der Waals surface area contributed by atoms with Crippen LogP contribution in [0, 0.1) is 5.82 Å². The fourth-order valence-corrected chi connectivity index (χ4v) is 4.18. The molecule has 0 N–H and O–H groups in total. The summed E-state index contributed by atoms with van der Waals surface area (Å²) in [6, 6.07) is 6.57. The minimum atomic E-state index is -0.350. The molecule has 6 nitrogen and oxygen atoms in total. The van der Waals surface area contributed by atoms with Gasteiger partial charge in [0.15, 0.2) is 5.79 Å². The van der Waals surface area contributed by atoms with Crippen LogP contribution in [0.2, 0.25) is 0 Å². The van der Waals surface area contributed by atoms with Crippen molar-refractivity contribution in [3.05, 3.63) is 30.1 Å². The van der Waals surface area contributed by atoms with Gasteiger partial charge < -0.3 is 24.2 Å². The molecule has 3 fully saturated rings. The summed E-state index contributed by atoms with van der Waals surface area (Å²) in [5.41, 5.74) is 1.02. The number of anilines is 1. The van der Waals surface area contributed by atoms with Crippen molar-refractivity contribution in [2.24, 2.45) is 0 Å². The molecule has 3 aliphatic heterocycles. The third-order valence-electron chi connectivity index (χ3n) is 5.90. The minimum absolute atomic E-state index is 0.220. The van der Waals surface area contributed by atoms with Crippen LogP contribution in [0.15, 0.2) is 24.3 Å². The molecule has 4 rings (SSSR count). The van der Waals surface area contributed by atoms with Gasteiger partial charge in [-0.25, -0.2) is 4.39 Å². The molecule has 0 unspecified atom stereocenters. The number of ether oxygens (including phenoxy) is 2. The quantitative estimate of drug-likeness (QED) is 0.799. The molecule has 0 aromatic heterocycles. The standard InChI is InChI=1S/C20H28FN3O3/c21-17-1-3-18(4-2-17)23-11-13-24(14-12-23)19(25)5-8-22-9-6-20(7-10-22)26-15-16-27-20/h1-4H,5-16H2. The summed E-state index contributed by atoms with van der Waals surface area (Å²) in [7, 11) is 0. The number of likely N-dealkylation sites (tertiary alicyclic amines) is 1. The van der Waals surface area contributed by atoms with E-state index in [1.807, 2.05) is 4.90 Å². The Balaban J connectivity index is 1.18. The number of carbonyl (C=O) groups excluding carboxylic acids is 1. The molecular weight excluding hydrogens is 349 g/mol. The number of hydrogen-bond acceptors (Lipinski definition) is 5. The lowest BCUT2D eigenvalue weighted by Gasteiger charge is -2.38. The molecule has 0 aliphatic carbocycles. The van der Waals surface area contributed by atoms with E-state index in [1.165, 1.54) is 12.1 Å². The molecule has 0 atom stereocenters. The van der Waals surface area contributed by atoms with Crippen LogP contribution in [-0.2, 0) is 14.3 Å². The van der Waals surface area contributed by atoms with Gasteiger partial charge in [-0.2, -0.15) is 0 Å². The molecule has 148 valence electrons. The largest absolute Gasteiger partial charge is 0.368 e. The molecule has 7 heteroatoms. The highest BCUT2D eigenvalue weighted by atomic mass is 19.1. The number of halogens is 1. The van der Waals surface area contributed by atoms with Crippen LogP contribution in [0.5, 0.6) is 0 Å². The van der Waals surface area contributed by atoms with E-state index >= 15 is 0 Å². The maximum absolute atomic E-state index is 13.1. The van der Waals surface area contributed by atoms with Gasteiger partial charge in [0.25, 0.3) is 0 Å². The number of hydrogen-bond donors (Lipinski definition) is 0. The summed E-state index contributed by atoms with van der Waals surface area (Å²) in [5.74, 6) is -0.346. The summed E-state index contributed by atoms with van der Waals surface area (Å²) >= 11 is 0. The summed E-state index contributed by atoms with van der Waals surface area (Å²) in [4.78, 5) is 19.1. The lowest BCUT2D eigenvalue weighted by Crippen LogP contribution is -2.50. The average Bonchev–Trinajstić information content (AvgIpc) is 3.16. The molecule has 0 bridgehead atoms. The van der Waals surface area contributed by atoms with E-state index in [2.05, 4.69) is 9.80 Å². The zero-order valence-corrected chi connectivity index (χ0v) is 15.7. The molecule has 0 radical (unpaired) electrons. The van der Waals surface area contributed by atoms with E-state index in [-0.39, 0.29) is 17.5 Å². The zero-order chi connectivity index (χ0) is 18.7. The highest BCUT2D eigenvalue weighted by molar-refractivity contribution is 5.76. The van der Waals surface area contributed by atoms with Gasteiger partial charge in [0.2, 0.25) is 5.91 Å². The zero-order valence-electron chi connectivity index (χ0n) is 15.7. The van der Waals surface area contributed by atoms with Crippen molar-refractivity contribution in [1.82, 2.24) is 9.80 Å². The van der Waals surface area contributed by atoms with Crippen LogP contribution in [0.4, 0.5) is 10.1 Å². The average molecular weight is 377 g/mol. The van der Waals surface area contributed by atoms with Crippen LogP contribution >= 0.6 is 0 Å². The number of nitrogens with zero attached hydrogens (tertiary/aromatic N) is 3. The lowest BCUT2D eigenvalue weighted by molar-refractivity contribution is -0.185. The normalized spacial score (nSPS) is 23.1. The maximum Gasteiger partial charge on any atom is 0.223 e. The molecule has 0 saturated carbocycles. The van der Waals surface area contributed by atoms with Gasteiger partial charge in [-0.1, -0.05) is 0 Å². The van der Waals surface area contributed by atoms with Crippen molar-refractivity contribution >= 4 is 11.6 Å². The van der Waals surface area contributed by atoms with Crippen molar-refractivity contribution in [2.45, 2.75) is 25.0 Å². The van der Waals surface area contributed by atoms with Crippen molar-refractivity contribution in [3.63, 3.8) is 0 Å². The molecule has 1 spiro atoms. The minimum Gasteiger partial charge on any atom is -0.368 e. The first kappa shape index (κ1) is 18.7. The van der Waals surface area contributed by atoms with Crippen LogP contribution in [-0.4, -0.2) is 80.5 Å². The monoisotopic (exact) mass is 377 g/mol. The molecule has 1 amide bonds. The van der Waals surface area contributed by atoms with E-state index in [1.54, 1.807) is 12.1 Å². The van der Waals surface area contributed by atoms with Crippen LogP contribution in [0.25, 0.3) is 0 Å². The van der Waals surface area contributed by atoms with E-state index < -0.39 is 0 Å². The second kappa shape index (κ2) is 8.12. The van der Waals surface area contributed by atoms with Crippen LogP contribution < -0.4 is 4.90 Å². The third-order valence-corrected chi connectivity index (χ3v) is 5.90. The number of amides is 1. The number of piperazine rings is 1. The van der Waals surface area contributed by atoms with Crippen molar-refractivity contribution in [2.75, 3.05) is 63.9 Å². The van der Waals surface area contributed by atoms with Gasteiger partial charge >= 0.3 is 0 Å². The SMILES string of the molecule is O=C(CCN1CCC2(CC1)OCCO2)N1CCN(c2ccc(F)cc2)CC1. The van der Waals surface area contributed by atoms with Gasteiger partial charge in [-0.15, -0.1) is 0 Å². The van der Waals surface area contributed by atoms with Gasteiger partial charge in [0, 0.05) is 70.8 Å². The first-order valence-corrected chi connectivity index (χ1v) is 9.92. The van der Waals surface area contributed by atoms with Crippen molar-refractivity contribution < 1.29 is 18.7 Å². The third kappa shape index (κ3) is 4.42. The summed E-state index contributed by atoms with van der Waals surface area (Å²) in [6.07, 6.45) is 2.33. The Morgan fingerprint density at radius 1 is 0.963 bits per heavy atom. The Kier molecular flexibility index (Phi) is 5.61. The molecule has 3 heterocycles. The smallest absolute Gasteiger partial charge is 0.223 e. The van der Waals surface area contributed by atoms with Crippen molar-refractivity contribution in [1.29, 1.82) is 0 Å². The Morgan fingerprint density at radius 2 is 1.59 bits per heavy atom. The first-order valence-electron chi connectivity index (χ1n) is 9.92. The van der Waals surface area contributed by atoms with Gasteiger partial charge in [-0.05, 0) is 24.3 Å². The topological polar surface area (TPSA) is 45.3 Å². The highest BCUT2D eigenvalue weighted by Gasteiger charge is 2.39. The van der Waals surface area contributed by atoms with E-state index in [9.17, 15) is 9.18 Å². The number of benzene rings is 1. The Labute approximate surface area is 159 Å². The number of piperidine rings is 1. The second-order valence-corrected chi connectivity index (χ2v) is 7.54. The Morgan fingerprint density at radius 3 is 2.22 bits per heavy atom. The van der Waals surface area contributed by atoms with Gasteiger partial charge in [0.1, 0.15) is 5.82 Å². The maximum atomic E-state index is 13.1. The predicted octanol–water partition coefficient (Wildman–Crippen LogP) is 1.70. The Bertz CT molecular complexity index is 630. The molecular formula is C20H28FN3O3. The van der Waals surface area contributed by atoms with Crippen LogP contribution in [0.1, 0.15) is 19.3 Å². The van der Waals surface area contributed by atoms with E-state index in [0.717, 1.165) is 64.3 Å². The molecule has 3 aliphatic rings.